The average Bonchev–Trinajstić information content (AvgIpc) is 3.48. The van der Waals surface area contributed by atoms with Crippen LogP contribution in [-0.2, 0) is 16.2 Å². The minimum atomic E-state index is -1.96. The van der Waals surface area contributed by atoms with Crippen LogP contribution in [0.15, 0.2) is 119 Å². The molecular weight excluding hydrogens is 641 g/mol. The highest BCUT2D eigenvalue weighted by atomic mass is 32.2. The van der Waals surface area contributed by atoms with E-state index in [4.69, 9.17) is 4.74 Å². The number of hydrogen-bond donors (Lipinski definition) is 0. The molecule has 3 heteroatoms. The van der Waals surface area contributed by atoms with Gasteiger partial charge >= 0.3 is 0 Å². The molecule has 2 aliphatic carbocycles. The quantitative estimate of drug-likeness (QED) is 0.160. The van der Waals surface area contributed by atoms with Gasteiger partial charge < -0.3 is 4.74 Å². The Balaban J connectivity index is 1.17. The number of para-hydroxylation sites is 1. The Bertz CT molecular complexity index is 2500. The molecule has 0 amide bonds. The zero-order chi connectivity index (χ0) is 34.5. The summed E-state index contributed by atoms with van der Waals surface area (Å²) in [6, 6.07) is 41.6. The van der Waals surface area contributed by atoms with E-state index in [9.17, 15) is 0 Å². The lowest BCUT2D eigenvalue weighted by molar-refractivity contribution is 0.487. The van der Waals surface area contributed by atoms with Gasteiger partial charge in [-0.1, -0.05) is 163 Å². The number of hydrogen-bond acceptors (Lipinski definition) is 2. The van der Waals surface area contributed by atoms with Gasteiger partial charge in [-0.15, -0.1) is 0 Å². The van der Waals surface area contributed by atoms with Gasteiger partial charge in [0, 0.05) is 37.2 Å². The lowest BCUT2D eigenvalue weighted by Gasteiger charge is -2.37. The smallest absolute Gasteiger partial charge is 0.135 e. The molecule has 0 radical (unpaired) electrons. The van der Waals surface area contributed by atoms with Crippen LogP contribution in [0.5, 0.6) is 11.5 Å². The highest BCUT2D eigenvalue weighted by molar-refractivity contribution is 7.99. The van der Waals surface area contributed by atoms with Gasteiger partial charge in [-0.05, 0) is 78.1 Å². The molecule has 0 fully saturated rings. The van der Waals surface area contributed by atoms with E-state index in [1.54, 1.807) is 0 Å². The van der Waals surface area contributed by atoms with Crippen LogP contribution >= 0.6 is 11.8 Å². The first-order valence-corrected chi connectivity index (χ1v) is 21.8. The zero-order valence-electron chi connectivity index (χ0n) is 30.2. The fourth-order valence-corrected chi connectivity index (χ4v) is 14.4. The number of benzene rings is 6. The Kier molecular flexibility index (Phi) is 5.93. The molecule has 0 aromatic heterocycles. The van der Waals surface area contributed by atoms with E-state index in [1.807, 2.05) is 11.8 Å². The minimum absolute atomic E-state index is 0.0230. The van der Waals surface area contributed by atoms with Crippen LogP contribution in [0.2, 0.25) is 13.1 Å². The van der Waals surface area contributed by atoms with Gasteiger partial charge in [0.05, 0.1) is 0 Å². The van der Waals surface area contributed by atoms with E-state index in [0.717, 1.165) is 11.5 Å². The van der Waals surface area contributed by atoms with E-state index in [2.05, 4.69) is 164 Å². The summed E-state index contributed by atoms with van der Waals surface area (Å²) in [6.45, 7) is 19.3. The molecule has 4 aliphatic rings. The van der Waals surface area contributed by atoms with Crippen LogP contribution < -0.4 is 15.1 Å². The van der Waals surface area contributed by atoms with Crippen molar-refractivity contribution >= 4 is 30.2 Å². The molecule has 50 heavy (non-hydrogen) atoms. The second-order valence-electron chi connectivity index (χ2n) is 16.9. The fraction of sp³-hybridized carbons (Fsp3) is 0.234. The zero-order valence-corrected chi connectivity index (χ0v) is 32.0. The van der Waals surface area contributed by atoms with E-state index >= 15 is 0 Å². The molecule has 0 atom stereocenters. The second-order valence-corrected chi connectivity index (χ2v) is 22.3. The van der Waals surface area contributed by atoms with Gasteiger partial charge in [0.25, 0.3) is 0 Å². The number of rotatable bonds is 1. The molecule has 6 aromatic carbocycles. The lowest BCUT2D eigenvalue weighted by atomic mass is 9.75. The summed E-state index contributed by atoms with van der Waals surface area (Å²) in [5.74, 6) is 2.11. The molecule has 0 N–H and O–H groups in total. The third-order valence-corrected chi connectivity index (χ3v) is 17.6. The van der Waals surface area contributed by atoms with Crippen molar-refractivity contribution in [1.29, 1.82) is 0 Å². The van der Waals surface area contributed by atoms with Crippen LogP contribution in [0.4, 0.5) is 0 Å². The molecule has 2 aliphatic heterocycles. The van der Waals surface area contributed by atoms with Crippen molar-refractivity contribution in [1.82, 2.24) is 0 Å². The Morgan fingerprint density at radius 3 is 1.88 bits per heavy atom. The summed E-state index contributed by atoms with van der Waals surface area (Å²) >= 11 is 1.99. The predicted molar refractivity (Wildman–Crippen MR) is 213 cm³/mol. The molecule has 0 unspecified atom stereocenters. The van der Waals surface area contributed by atoms with E-state index in [1.165, 1.54) is 86.9 Å². The number of fused-ring (bicyclic) bond motifs is 12. The lowest BCUT2D eigenvalue weighted by Crippen LogP contribution is -2.56. The molecule has 0 spiro atoms. The molecule has 0 bridgehead atoms. The molecule has 1 nitrogen and oxygen atoms in total. The maximum Gasteiger partial charge on any atom is 0.135 e. The van der Waals surface area contributed by atoms with Crippen molar-refractivity contribution in [3.8, 4) is 44.9 Å². The van der Waals surface area contributed by atoms with Gasteiger partial charge in [0.1, 0.15) is 19.6 Å². The highest BCUT2D eigenvalue weighted by Gasteiger charge is 2.45. The predicted octanol–water partition coefficient (Wildman–Crippen LogP) is 11.7. The van der Waals surface area contributed by atoms with Crippen LogP contribution in [0, 0.1) is 0 Å². The van der Waals surface area contributed by atoms with Crippen LogP contribution in [0.25, 0.3) is 33.4 Å². The summed E-state index contributed by atoms with van der Waals surface area (Å²) in [4.78, 5) is 2.80. The standard InChI is InChI=1S/C47H42OSSi/c1-45(2)31-16-10-9-14-29(31)41-34(45)22-23-36-44(41)49-43-28(15-13-17-35(43)47(36,5)6)27-20-21-32-30(26-27)40-33(46(32,3)4)24-25-39-42(40)48-37-18-11-12-19-38(37)50(39,7)8/h9-26H,1-8H3. The highest BCUT2D eigenvalue weighted by Crippen LogP contribution is 2.60. The van der Waals surface area contributed by atoms with Gasteiger partial charge in [-0.3, -0.25) is 0 Å². The van der Waals surface area contributed by atoms with Crippen molar-refractivity contribution in [3.05, 3.63) is 143 Å². The topological polar surface area (TPSA) is 9.23 Å². The van der Waals surface area contributed by atoms with E-state index in [-0.39, 0.29) is 16.2 Å². The Labute approximate surface area is 301 Å². The van der Waals surface area contributed by atoms with Crippen LogP contribution in [-0.4, -0.2) is 8.07 Å². The maximum absolute atomic E-state index is 6.93. The van der Waals surface area contributed by atoms with Gasteiger partial charge in [0.15, 0.2) is 0 Å². The van der Waals surface area contributed by atoms with Gasteiger partial charge in [-0.2, -0.15) is 0 Å². The second kappa shape index (κ2) is 9.72. The SMILES string of the molecule is CC1(C)c2cccc(-c3ccc4c(c3)-c3c(ccc5c3Oc3ccccc3[Si]5(C)C)C4(C)C)c2Sc2c1ccc1c2-c2ccccc2C1(C)C. The summed E-state index contributed by atoms with van der Waals surface area (Å²) in [6.07, 6.45) is 0. The summed E-state index contributed by atoms with van der Waals surface area (Å²) in [7, 11) is -1.96. The molecule has 2 heterocycles. The summed E-state index contributed by atoms with van der Waals surface area (Å²) in [5, 5.41) is 2.78. The molecule has 10 rings (SSSR count). The first-order chi connectivity index (χ1) is 23.8. The largest absolute Gasteiger partial charge is 0.457 e. The van der Waals surface area contributed by atoms with E-state index in [0.29, 0.717) is 0 Å². The average molecular weight is 683 g/mol. The Morgan fingerprint density at radius 2 is 1.06 bits per heavy atom. The van der Waals surface area contributed by atoms with Crippen molar-refractivity contribution in [3.63, 3.8) is 0 Å². The summed E-state index contributed by atoms with van der Waals surface area (Å²) in [5.41, 5.74) is 16.2. The van der Waals surface area contributed by atoms with Crippen molar-refractivity contribution in [2.45, 2.75) is 80.7 Å². The third-order valence-electron chi connectivity index (χ3n) is 12.8. The number of ether oxygens (including phenoxy) is 1. The third kappa shape index (κ3) is 3.70. The Morgan fingerprint density at radius 1 is 0.480 bits per heavy atom. The van der Waals surface area contributed by atoms with Gasteiger partial charge in [-0.25, -0.2) is 0 Å². The molecule has 0 saturated carbocycles. The Hall–Kier alpha value is -4.31. The van der Waals surface area contributed by atoms with E-state index < -0.39 is 8.07 Å². The van der Waals surface area contributed by atoms with Crippen molar-refractivity contribution < 1.29 is 4.74 Å². The summed E-state index contributed by atoms with van der Waals surface area (Å²) < 4.78 is 6.93. The fourth-order valence-electron chi connectivity index (χ4n) is 9.88. The normalized spacial score (nSPS) is 18.3. The molecule has 246 valence electrons. The van der Waals surface area contributed by atoms with Crippen LogP contribution in [0.3, 0.4) is 0 Å². The minimum Gasteiger partial charge on any atom is -0.457 e. The maximum atomic E-state index is 6.93. The molecule has 6 aromatic rings. The van der Waals surface area contributed by atoms with Crippen molar-refractivity contribution in [2.24, 2.45) is 0 Å². The monoisotopic (exact) mass is 682 g/mol. The molecule has 0 saturated heterocycles. The molecular formula is C47H42OSSi. The van der Waals surface area contributed by atoms with Crippen molar-refractivity contribution in [2.75, 3.05) is 0 Å². The first kappa shape index (κ1) is 30.5. The van der Waals surface area contributed by atoms with Gasteiger partial charge in [0.2, 0.25) is 0 Å². The van der Waals surface area contributed by atoms with Crippen LogP contribution in [0.1, 0.15) is 74.9 Å². The first-order valence-electron chi connectivity index (χ1n) is 18.0.